The fourth-order valence-corrected chi connectivity index (χ4v) is 4.87. The lowest BCUT2D eigenvalue weighted by molar-refractivity contribution is -0.132. The SMILES string of the molecule is C[C@@H]1CCCN(C(=O)CN(C)S(=O)(=O)c2cc3c(cc2Cl)NC(=O)CO3)C1. The number of likely N-dealkylation sites (tertiary alicyclic amines) is 1. The van der Waals surface area contributed by atoms with Gasteiger partial charge in [0.2, 0.25) is 15.9 Å². The van der Waals surface area contributed by atoms with E-state index in [2.05, 4.69) is 12.2 Å². The van der Waals surface area contributed by atoms with E-state index in [1.807, 2.05) is 0 Å². The number of carbonyl (C=O) groups excluding carboxylic acids is 2. The molecule has 2 heterocycles. The number of sulfonamides is 1. The molecule has 2 amide bonds. The molecule has 148 valence electrons. The van der Waals surface area contributed by atoms with Gasteiger partial charge in [0.15, 0.2) is 6.61 Å². The molecule has 8 nitrogen and oxygen atoms in total. The van der Waals surface area contributed by atoms with Crippen LogP contribution in [0.2, 0.25) is 5.02 Å². The summed E-state index contributed by atoms with van der Waals surface area (Å²) in [7, 11) is -2.66. The molecule has 1 fully saturated rings. The number of hydrogen-bond acceptors (Lipinski definition) is 5. The van der Waals surface area contributed by atoms with Gasteiger partial charge in [-0.1, -0.05) is 18.5 Å². The van der Waals surface area contributed by atoms with Crippen molar-refractivity contribution < 1.29 is 22.7 Å². The van der Waals surface area contributed by atoms with Crippen LogP contribution in [0.5, 0.6) is 5.75 Å². The fraction of sp³-hybridized carbons (Fsp3) is 0.529. The third kappa shape index (κ3) is 4.20. The molecule has 2 aliphatic rings. The minimum absolute atomic E-state index is 0.0505. The smallest absolute Gasteiger partial charge is 0.262 e. The Kier molecular flexibility index (Phi) is 5.64. The predicted molar refractivity (Wildman–Crippen MR) is 100 cm³/mol. The molecule has 1 saturated heterocycles. The summed E-state index contributed by atoms with van der Waals surface area (Å²) in [6, 6.07) is 2.61. The van der Waals surface area contributed by atoms with Crippen LogP contribution in [0, 0.1) is 5.92 Å². The number of fused-ring (bicyclic) bond motifs is 1. The van der Waals surface area contributed by atoms with Crippen molar-refractivity contribution in [2.24, 2.45) is 5.92 Å². The van der Waals surface area contributed by atoms with Crippen molar-refractivity contribution in [3.05, 3.63) is 17.2 Å². The summed E-state index contributed by atoms with van der Waals surface area (Å²) in [6.07, 6.45) is 1.99. The van der Waals surface area contributed by atoms with Crippen molar-refractivity contribution in [3.63, 3.8) is 0 Å². The minimum atomic E-state index is -4.00. The molecule has 1 aromatic rings. The second-order valence-electron chi connectivity index (χ2n) is 6.96. The Balaban J connectivity index is 1.79. The zero-order valence-corrected chi connectivity index (χ0v) is 16.8. The van der Waals surface area contributed by atoms with Gasteiger partial charge in [-0.2, -0.15) is 4.31 Å². The number of carbonyl (C=O) groups is 2. The number of nitrogens with zero attached hydrogens (tertiary/aromatic N) is 2. The number of anilines is 1. The average molecular weight is 416 g/mol. The van der Waals surface area contributed by atoms with Gasteiger partial charge in [0, 0.05) is 26.2 Å². The standard InChI is InChI=1S/C17H22ClN3O5S/c1-11-4-3-5-21(8-11)17(23)9-20(2)27(24,25)15-7-14-13(6-12(15)18)19-16(22)10-26-14/h6-7,11H,3-5,8-10H2,1-2H3,(H,19,22)/t11-/m1/s1. The fourth-order valence-electron chi connectivity index (χ4n) is 3.24. The molecule has 0 spiro atoms. The van der Waals surface area contributed by atoms with Gasteiger partial charge < -0.3 is 15.0 Å². The van der Waals surface area contributed by atoms with Crippen molar-refractivity contribution in [1.82, 2.24) is 9.21 Å². The largest absolute Gasteiger partial charge is 0.482 e. The number of halogens is 1. The molecule has 1 aromatic carbocycles. The van der Waals surface area contributed by atoms with Crippen LogP contribution in [0.3, 0.4) is 0 Å². The van der Waals surface area contributed by atoms with E-state index in [1.54, 1.807) is 4.90 Å². The number of piperidine rings is 1. The van der Waals surface area contributed by atoms with E-state index in [4.69, 9.17) is 16.3 Å². The maximum absolute atomic E-state index is 12.9. The predicted octanol–water partition coefficient (Wildman–Crippen LogP) is 1.55. The Morgan fingerprint density at radius 1 is 1.44 bits per heavy atom. The first-order chi connectivity index (χ1) is 12.7. The Labute approximate surface area is 163 Å². The van der Waals surface area contributed by atoms with Crippen LogP contribution in [0.15, 0.2) is 17.0 Å². The molecular formula is C17H22ClN3O5S. The van der Waals surface area contributed by atoms with E-state index < -0.39 is 10.0 Å². The van der Waals surface area contributed by atoms with Gasteiger partial charge in [-0.05, 0) is 24.8 Å². The normalized spacial score (nSPS) is 20.1. The lowest BCUT2D eigenvalue weighted by Gasteiger charge is -2.32. The Bertz CT molecular complexity index is 874. The highest BCUT2D eigenvalue weighted by Crippen LogP contribution is 2.36. The third-order valence-corrected chi connectivity index (χ3v) is 6.99. The zero-order valence-electron chi connectivity index (χ0n) is 15.2. The van der Waals surface area contributed by atoms with Crippen molar-refractivity contribution in [2.45, 2.75) is 24.7 Å². The molecule has 1 atom stereocenters. The third-order valence-electron chi connectivity index (χ3n) is 4.72. The maximum Gasteiger partial charge on any atom is 0.262 e. The Morgan fingerprint density at radius 2 is 2.19 bits per heavy atom. The Morgan fingerprint density at radius 3 is 2.89 bits per heavy atom. The highest BCUT2D eigenvalue weighted by atomic mass is 35.5. The van der Waals surface area contributed by atoms with Gasteiger partial charge in [0.05, 0.1) is 17.3 Å². The van der Waals surface area contributed by atoms with E-state index in [9.17, 15) is 18.0 Å². The van der Waals surface area contributed by atoms with E-state index in [0.29, 0.717) is 24.7 Å². The van der Waals surface area contributed by atoms with Gasteiger partial charge in [-0.25, -0.2) is 8.42 Å². The van der Waals surface area contributed by atoms with E-state index >= 15 is 0 Å². The van der Waals surface area contributed by atoms with Crippen LogP contribution in [0.25, 0.3) is 0 Å². The monoisotopic (exact) mass is 415 g/mol. The molecule has 3 rings (SSSR count). The number of rotatable bonds is 4. The van der Waals surface area contributed by atoms with Crippen LogP contribution in [-0.2, 0) is 19.6 Å². The van der Waals surface area contributed by atoms with Gasteiger partial charge >= 0.3 is 0 Å². The van der Waals surface area contributed by atoms with Crippen LogP contribution in [-0.4, -0.2) is 62.7 Å². The molecule has 27 heavy (non-hydrogen) atoms. The van der Waals surface area contributed by atoms with Gasteiger partial charge in [0.25, 0.3) is 5.91 Å². The quantitative estimate of drug-likeness (QED) is 0.804. The number of ether oxygens (including phenoxy) is 1. The lowest BCUT2D eigenvalue weighted by Crippen LogP contribution is -2.45. The van der Waals surface area contributed by atoms with Crippen molar-refractivity contribution in [3.8, 4) is 5.75 Å². The number of amides is 2. The topological polar surface area (TPSA) is 96.0 Å². The second kappa shape index (κ2) is 7.65. The van der Waals surface area contributed by atoms with Crippen molar-refractivity contribution in [2.75, 3.05) is 38.6 Å². The molecule has 0 bridgehead atoms. The molecule has 1 N–H and O–H groups in total. The van der Waals surface area contributed by atoms with E-state index in [-0.39, 0.29) is 40.6 Å². The first-order valence-electron chi connectivity index (χ1n) is 8.69. The summed E-state index contributed by atoms with van der Waals surface area (Å²) in [4.78, 5) is 25.4. The molecule has 0 aromatic heterocycles. The molecular weight excluding hydrogens is 394 g/mol. The number of hydrogen-bond donors (Lipinski definition) is 1. The van der Waals surface area contributed by atoms with Crippen LogP contribution >= 0.6 is 11.6 Å². The van der Waals surface area contributed by atoms with Crippen LogP contribution in [0.1, 0.15) is 19.8 Å². The summed E-state index contributed by atoms with van der Waals surface area (Å²) < 4.78 is 32.1. The van der Waals surface area contributed by atoms with Crippen LogP contribution < -0.4 is 10.1 Å². The van der Waals surface area contributed by atoms with Gasteiger partial charge in [0.1, 0.15) is 10.6 Å². The highest BCUT2D eigenvalue weighted by Gasteiger charge is 2.30. The summed E-state index contributed by atoms with van der Waals surface area (Å²) >= 11 is 6.13. The number of benzene rings is 1. The highest BCUT2D eigenvalue weighted by molar-refractivity contribution is 7.89. The summed E-state index contributed by atoms with van der Waals surface area (Å²) in [5, 5.41) is 2.52. The number of likely N-dealkylation sites (N-methyl/N-ethyl adjacent to an activating group) is 1. The molecule has 2 aliphatic heterocycles. The minimum Gasteiger partial charge on any atom is -0.482 e. The maximum atomic E-state index is 12.9. The molecule has 0 saturated carbocycles. The average Bonchev–Trinajstić information content (AvgIpc) is 2.60. The first kappa shape index (κ1) is 19.9. The van der Waals surface area contributed by atoms with E-state index in [1.165, 1.54) is 19.2 Å². The molecule has 0 aliphatic carbocycles. The Hall–Kier alpha value is -1.84. The summed E-state index contributed by atoms with van der Waals surface area (Å²) in [5.41, 5.74) is 0.316. The first-order valence-corrected chi connectivity index (χ1v) is 10.5. The molecule has 10 heteroatoms. The second-order valence-corrected chi connectivity index (χ2v) is 9.38. The van der Waals surface area contributed by atoms with Crippen LogP contribution in [0.4, 0.5) is 5.69 Å². The van der Waals surface area contributed by atoms with Crippen molar-refractivity contribution >= 4 is 39.1 Å². The summed E-state index contributed by atoms with van der Waals surface area (Å²) in [6.45, 7) is 2.89. The zero-order chi connectivity index (χ0) is 19.8. The van der Waals surface area contributed by atoms with Crippen molar-refractivity contribution in [1.29, 1.82) is 0 Å². The van der Waals surface area contributed by atoms with E-state index in [0.717, 1.165) is 17.1 Å². The lowest BCUT2D eigenvalue weighted by atomic mass is 10.0. The van der Waals surface area contributed by atoms with Gasteiger partial charge in [-0.3, -0.25) is 9.59 Å². The molecule has 0 radical (unpaired) electrons. The summed E-state index contributed by atoms with van der Waals surface area (Å²) in [5.74, 6) is 0.0621. The number of nitrogens with one attached hydrogen (secondary N) is 1. The van der Waals surface area contributed by atoms with Gasteiger partial charge in [-0.15, -0.1) is 0 Å². The molecule has 0 unspecified atom stereocenters.